The van der Waals surface area contributed by atoms with Gasteiger partial charge >= 0.3 is 0 Å². The number of fused-ring (bicyclic) bond motifs is 2. The van der Waals surface area contributed by atoms with Gasteiger partial charge in [0.15, 0.2) is 0 Å². The average Bonchev–Trinajstić information content (AvgIpc) is 3.09. The number of carbonyl (C=O) groups is 2. The molecule has 120 valence electrons. The van der Waals surface area contributed by atoms with Gasteiger partial charge in [-0.25, -0.2) is 0 Å². The Morgan fingerprint density at radius 3 is 2.43 bits per heavy atom. The zero-order valence-electron chi connectivity index (χ0n) is 12.4. The molecule has 4 atom stereocenters. The van der Waals surface area contributed by atoms with E-state index in [2.05, 4.69) is 5.32 Å². The number of carboxylic acid groups (broad SMARTS) is 1. The highest BCUT2D eigenvalue weighted by atomic mass is 16.6. The molecule has 0 radical (unpaired) electrons. The van der Waals surface area contributed by atoms with E-state index in [1.165, 1.54) is 18.2 Å². The summed E-state index contributed by atoms with van der Waals surface area (Å²) in [6.45, 7) is 1.65. The van der Waals surface area contributed by atoms with Gasteiger partial charge in [0.05, 0.1) is 10.8 Å². The van der Waals surface area contributed by atoms with Crippen molar-refractivity contribution in [3.63, 3.8) is 0 Å². The summed E-state index contributed by atoms with van der Waals surface area (Å²) >= 11 is 0. The first kappa shape index (κ1) is 15.2. The Kier molecular flexibility index (Phi) is 3.63. The zero-order chi connectivity index (χ0) is 16.7. The molecular weight excluding hydrogens is 300 g/mol. The molecule has 0 unspecified atom stereocenters. The molecule has 1 saturated carbocycles. The average molecular weight is 315 g/mol. The molecule has 0 aromatic heterocycles. The van der Waals surface area contributed by atoms with Crippen molar-refractivity contribution in [2.24, 2.45) is 23.7 Å². The Bertz CT molecular complexity index is 727. The highest BCUT2D eigenvalue weighted by Crippen LogP contribution is 2.48. The largest absolute Gasteiger partial charge is 0.550 e. The Balaban J connectivity index is 1.81. The number of benzene rings is 1. The first-order valence-corrected chi connectivity index (χ1v) is 7.33. The van der Waals surface area contributed by atoms with Crippen molar-refractivity contribution in [3.8, 4) is 0 Å². The summed E-state index contributed by atoms with van der Waals surface area (Å²) in [4.78, 5) is 34.1. The highest BCUT2D eigenvalue weighted by molar-refractivity contribution is 5.96. The van der Waals surface area contributed by atoms with Crippen molar-refractivity contribution in [3.05, 3.63) is 46.0 Å². The van der Waals surface area contributed by atoms with Crippen molar-refractivity contribution >= 4 is 23.3 Å². The number of anilines is 1. The Labute approximate surface area is 132 Å². The molecule has 7 nitrogen and oxygen atoms in total. The molecule has 2 aliphatic rings. The number of amides is 1. The third-order valence-electron chi connectivity index (χ3n) is 4.71. The standard InChI is InChI=1S/C16H16N2O5/c1-8-6-11(18(22)23)4-5-12(8)17-15(19)13-9-2-3-10(7-9)14(13)16(20)21/h2-6,9-10,13-14H,7H2,1H3,(H,17,19)(H,20,21)/p-1/t9-,10+,13-,14+/m1/s1. The molecule has 1 N–H and O–H groups in total. The van der Waals surface area contributed by atoms with Crippen LogP contribution >= 0.6 is 0 Å². The lowest BCUT2D eigenvalue weighted by Gasteiger charge is -2.28. The van der Waals surface area contributed by atoms with Crippen molar-refractivity contribution < 1.29 is 19.6 Å². The molecule has 1 fully saturated rings. The van der Waals surface area contributed by atoms with Crippen molar-refractivity contribution in [2.75, 3.05) is 5.32 Å². The molecule has 3 rings (SSSR count). The Hall–Kier alpha value is -2.70. The van der Waals surface area contributed by atoms with E-state index in [1.54, 1.807) is 6.92 Å². The van der Waals surface area contributed by atoms with Gasteiger partial charge in [0.1, 0.15) is 0 Å². The molecular formula is C16H15N2O5-. The number of carbonyl (C=O) groups excluding carboxylic acids is 2. The lowest BCUT2D eigenvalue weighted by molar-refractivity contribution is -0.384. The molecule has 0 spiro atoms. The van der Waals surface area contributed by atoms with Crippen LogP contribution in [0.4, 0.5) is 11.4 Å². The Morgan fingerprint density at radius 1 is 1.22 bits per heavy atom. The van der Waals surface area contributed by atoms with Gasteiger partial charge in [-0.15, -0.1) is 0 Å². The fourth-order valence-corrected chi connectivity index (χ4v) is 3.62. The second-order valence-corrected chi connectivity index (χ2v) is 6.06. The maximum atomic E-state index is 12.5. The molecule has 23 heavy (non-hydrogen) atoms. The van der Waals surface area contributed by atoms with E-state index in [0.29, 0.717) is 17.7 Å². The minimum absolute atomic E-state index is 0.0593. The molecule has 0 heterocycles. The number of rotatable bonds is 4. The van der Waals surface area contributed by atoms with Crippen LogP contribution in [-0.4, -0.2) is 16.8 Å². The van der Waals surface area contributed by atoms with Gasteiger partial charge in [-0.1, -0.05) is 12.2 Å². The first-order valence-electron chi connectivity index (χ1n) is 7.33. The van der Waals surface area contributed by atoms with E-state index in [9.17, 15) is 24.8 Å². The van der Waals surface area contributed by atoms with Crippen LogP contribution in [0.25, 0.3) is 0 Å². The summed E-state index contributed by atoms with van der Waals surface area (Å²) < 4.78 is 0. The number of nitrogens with one attached hydrogen (secondary N) is 1. The summed E-state index contributed by atoms with van der Waals surface area (Å²) in [5, 5.41) is 24.8. The molecule has 1 aromatic carbocycles. The number of non-ortho nitro benzene ring substituents is 1. The molecule has 1 amide bonds. The van der Waals surface area contributed by atoms with Crippen LogP contribution in [0.5, 0.6) is 0 Å². The third-order valence-corrected chi connectivity index (χ3v) is 4.71. The molecule has 7 heteroatoms. The van der Waals surface area contributed by atoms with Gasteiger partial charge in [0.25, 0.3) is 5.69 Å². The van der Waals surface area contributed by atoms with Crippen molar-refractivity contribution in [2.45, 2.75) is 13.3 Å². The maximum absolute atomic E-state index is 12.5. The van der Waals surface area contributed by atoms with E-state index in [1.807, 2.05) is 12.2 Å². The number of carboxylic acids is 1. The van der Waals surface area contributed by atoms with E-state index in [4.69, 9.17) is 0 Å². The van der Waals surface area contributed by atoms with Crippen LogP contribution in [0.15, 0.2) is 30.4 Å². The topological polar surface area (TPSA) is 112 Å². The molecule has 2 bridgehead atoms. The summed E-state index contributed by atoms with van der Waals surface area (Å²) in [6.07, 6.45) is 4.37. The van der Waals surface area contributed by atoms with Gasteiger partial charge < -0.3 is 15.2 Å². The Morgan fingerprint density at radius 2 is 1.87 bits per heavy atom. The first-order chi connectivity index (χ1) is 10.9. The number of aryl methyl sites for hydroxylation is 1. The van der Waals surface area contributed by atoms with Gasteiger partial charge in [-0.05, 0) is 36.8 Å². The van der Waals surface area contributed by atoms with Crippen LogP contribution in [-0.2, 0) is 9.59 Å². The van der Waals surface area contributed by atoms with Gasteiger partial charge in [0.2, 0.25) is 5.91 Å². The SMILES string of the molecule is Cc1cc([N+](=O)[O-])ccc1NC(=O)[C@H]1[C@@H](C(=O)[O-])[C@H]2C=C[C@@H]1C2. The summed E-state index contributed by atoms with van der Waals surface area (Å²) in [5.41, 5.74) is 0.941. The normalized spacial score (nSPS) is 27.9. The molecule has 1 aromatic rings. The smallest absolute Gasteiger partial charge is 0.269 e. The fourth-order valence-electron chi connectivity index (χ4n) is 3.62. The summed E-state index contributed by atoms with van der Waals surface area (Å²) in [7, 11) is 0. The number of aliphatic carboxylic acids is 1. The quantitative estimate of drug-likeness (QED) is 0.506. The monoisotopic (exact) mass is 315 g/mol. The van der Waals surface area contributed by atoms with Crippen LogP contribution in [0.3, 0.4) is 0 Å². The van der Waals surface area contributed by atoms with Gasteiger partial charge in [-0.3, -0.25) is 14.9 Å². The van der Waals surface area contributed by atoms with E-state index in [-0.39, 0.29) is 23.4 Å². The lowest BCUT2D eigenvalue weighted by atomic mass is 9.82. The number of allylic oxidation sites excluding steroid dienone is 2. The summed E-state index contributed by atoms with van der Waals surface area (Å²) in [6, 6.07) is 4.13. The van der Waals surface area contributed by atoms with E-state index < -0.39 is 22.7 Å². The summed E-state index contributed by atoms with van der Waals surface area (Å²) in [5.74, 6) is -3.32. The van der Waals surface area contributed by atoms with Gasteiger partial charge in [0, 0.05) is 29.7 Å². The number of nitrogens with zero attached hydrogens (tertiary/aromatic N) is 1. The third kappa shape index (κ3) is 2.58. The molecule has 0 saturated heterocycles. The highest BCUT2D eigenvalue weighted by Gasteiger charge is 2.48. The lowest BCUT2D eigenvalue weighted by Crippen LogP contribution is -2.42. The fraction of sp³-hybridized carbons (Fsp3) is 0.375. The maximum Gasteiger partial charge on any atom is 0.269 e. The predicted octanol–water partition coefficient (Wildman–Crippen LogP) is 1.03. The number of hydrogen-bond acceptors (Lipinski definition) is 5. The minimum Gasteiger partial charge on any atom is -0.550 e. The second kappa shape index (κ2) is 5.49. The van der Waals surface area contributed by atoms with E-state index >= 15 is 0 Å². The minimum atomic E-state index is -1.21. The van der Waals surface area contributed by atoms with Gasteiger partial charge in [-0.2, -0.15) is 0 Å². The van der Waals surface area contributed by atoms with Crippen LogP contribution in [0, 0.1) is 40.7 Å². The predicted molar refractivity (Wildman–Crippen MR) is 79.2 cm³/mol. The van der Waals surface area contributed by atoms with E-state index in [0.717, 1.165) is 0 Å². The van der Waals surface area contributed by atoms with Crippen LogP contribution in [0.1, 0.15) is 12.0 Å². The van der Waals surface area contributed by atoms with Crippen LogP contribution < -0.4 is 10.4 Å². The second-order valence-electron chi connectivity index (χ2n) is 6.06. The van der Waals surface area contributed by atoms with Crippen molar-refractivity contribution in [1.29, 1.82) is 0 Å². The number of hydrogen-bond donors (Lipinski definition) is 1. The number of nitro groups is 1. The van der Waals surface area contributed by atoms with Crippen molar-refractivity contribution in [1.82, 2.24) is 0 Å². The molecule has 0 aliphatic heterocycles. The molecule has 2 aliphatic carbocycles. The van der Waals surface area contributed by atoms with Crippen LogP contribution in [0.2, 0.25) is 0 Å². The number of nitro benzene ring substituents is 1. The zero-order valence-corrected chi connectivity index (χ0v) is 12.4.